The van der Waals surface area contributed by atoms with Gasteiger partial charge >= 0.3 is 0 Å². The normalized spacial score (nSPS) is 12.4. The first-order chi connectivity index (χ1) is 8.74. The minimum Gasteiger partial charge on any atom is -0.496 e. The molecule has 1 aromatic carbocycles. The summed E-state index contributed by atoms with van der Waals surface area (Å²) in [6.45, 7) is 2.60. The predicted octanol–water partition coefficient (Wildman–Crippen LogP) is 2.34. The highest BCUT2D eigenvalue weighted by atomic mass is 16.5. The van der Waals surface area contributed by atoms with Crippen molar-refractivity contribution in [2.75, 3.05) is 13.7 Å². The fourth-order valence-electron chi connectivity index (χ4n) is 1.77. The van der Waals surface area contributed by atoms with E-state index in [2.05, 4.69) is 4.98 Å². The zero-order chi connectivity index (χ0) is 13.0. The number of oxazole rings is 1. The molecule has 0 spiro atoms. The molecule has 0 aliphatic carbocycles. The highest BCUT2D eigenvalue weighted by Gasteiger charge is 2.12. The van der Waals surface area contributed by atoms with Gasteiger partial charge in [0.2, 0.25) is 0 Å². The quantitative estimate of drug-likeness (QED) is 0.879. The Balaban J connectivity index is 2.16. The van der Waals surface area contributed by atoms with Crippen molar-refractivity contribution >= 4 is 0 Å². The van der Waals surface area contributed by atoms with Crippen molar-refractivity contribution in [1.82, 2.24) is 4.98 Å². The lowest BCUT2D eigenvalue weighted by atomic mass is 10.1. The van der Waals surface area contributed by atoms with Gasteiger partial charge in [-0.25, -0.2) is 4.98 Å². The Labute approximate surface area is 107 Å². The Morgan fingerprint density at radius 1 is 1.39 bits per heavy atom. The van der Waals surface area contributed by atoms with Crippen LogP contribution >= 0.6 is 0 Å². The summed E-state index contributed by atoms with van der Waals surface area (Å²) >= 11 is 0. The summed E-state index contributed by atoms with van der Waals surface area (Å²) in [5.41, 5.74) is 7.58. The van der Waals surface area contributed by atoms with E-state index in [0.29, 0.717) is 18.9 Å². The molecular weight excluding hydrogens is 228 g/mol. The van der Waals surface area contributed by atoms with E-state index in [1.165, 1.54) is 0 Å². The molecule has 1 aromatic heterocycles. The number of methoxy groups -OCH3 is 1. The van der Waals surface area contributed by atoms with E-state index in [4.69, 9.17) is 14.9 Å². The number of hydrogen-bond acceptors (Lipinski definition) is 4. The average molecular weight is 246 g/mol. The topological polar surface area (TPSA) is 61.3 Å². The summed E-state index contributed by atoms with van der Waals surface area (Å²) in [6.07, 6.45) is 2.31. The first kappa shape index (κ1) is 12.6. The van der Waals surface area contributed by atoms with E-state index in [1.807, 2.05) is 31.2 Å². The maximum atomic E-state index is 5.61. The van der Waals surface area contributed by atoms with E-state index in [9.17, 15) is 0 Å². The minimum absolute atomic E-state index is 0.222. The first-order valence-corrected chi connectivity index (χ1v) is 6.01. The van der Waals surface area contributed by atoms with Crippen LogP contribution in [0.5, 0.6) is 5.75 Å². The molecule has 0 aliphatic rings. The second-order valence-corrected chi connectivity index (χ2v) is 4.29. The SMILES string of the molecule is COc1ccccc1Cc1nc(C(C)CN)co1. The standard InChI is InChI=1S/C14H18N2O2/c1-10(8-15)12-9-18-14(16-12)7-11-5-3-4-6-13(11)17-2/h3-6,9-10H,7-8,15H2,1-2H3. The average Bonchev–Trinajstić information content (AvgIpc) is 2.87. The van der Waals surface area contributed by atoms with Crippen LogP contribution in [0.1, 0.15) is 30.0 Å². The van der Waals surface area contributed by atoms with E-state index >= 15 is 0 Å². The monoisotopic (exact) mass is 246 g/mol. The van der Waals surface area contributed by atoms with E-state index in [0.717, 1.165) is 17.0 Å². The molecule has 0 fully saturated rings. The van der Waals surface area contributed by atoms with Crippen LogP contribution < -0.4 is 10.5 Å². The predicted molar refractivity (Wildman–Crippen MR) is 69.8 cm³/mol. The molecule has 2 rings (SSSR count). The molecule has 0 saturated heterocycles. The molecule has 1 atom stereocenters. The smallest absolute Gasteiger partial charge is 0.198 e. The van der Waals surface area contributed by atoms with Crippen LogP contribution in [0.25, 0.3) is 0 Å². The van der Waals surface area contributed by atoms with Gasteiger partial charge in [0.1, 0.15) is 12.0 Å². The number of hydrogen-bond donors (Lipinski definition) is 1. The molecule has 1 heterocycles. The van der Waals surface area contributed by atoms with Gasteiger partial charge < -0.3 is 14.9 Å². The molecule has 2 aromatic rings. The van der Waals surface area contributed by atoms with Crippen molar-refractivity contribution in [2.45, 2.75) is 19.3 Å². The number of rotatable bonds is 5. The number of aromatic nitrogens is 1. The third kappa shape index (κ3) is 2.71. The third-order valence-corrected chi connectivity index (χ3v) is 2.96. The van der Waals surface area contributed by atoms with Gasteiger partial charge in [-0.15, -0.1) is 0 Å². The van der Waals surface area contributed by atoms with Gasteiger partial charge in [-0.1, -0.05) is 25.1 Å². The molecule has 0 aliphatic heterocycles. The van der Waals surface area contributed by atoms with Gasteiger partial charge in [0.25, 0.3) is 0 Å². The van der Waals surface area contributed by atoms with Crippen molar-refractivity contribution in [1.29, 1.82) is 0 Å². The van der Waals surface area contributed by atoms with Crippen LogP contribution in [0.2, 0.25) is 0 Å². The third-order valence-electron chi connectivity index (χ3n) is 2.96. The van der Waals surface area contributed by atoms with Crippen LogP contribution in [-0.2, 0) is 6.42 Å². The highest BCUT2D eigenvalue weighted by Crippen LogP contribution is 2.21. The number of para-hydroxylation sites is 1. The zero-order valence-electron chi connectivity index (χ0n) is 10.7. The molecule has 0 amide bonds. The van der Waals surface area contributed by atoms with Crippen LogP contribution in [0, 0.1) is 0 Å². The van der Waals surface area contributed by atoms with Crippen LogP contribution in [0.4, 0.5) is 0 Å². The van der Waals surface area contributed by atoms with Gasteiger partial charge in [-0.2, -0.15) is 0 Å². The lowest BCUT2D eigenvalue weighted by Crippen LogP contribution is -2.09. The maximum absolute atomic E-state index is 5.61. The van der Waals surface area contributed by atoms with Gasteiger partial charge in [-0.05, 0) is 6.07 Å². The minimum atomic E-state index is 0.222. The first-order valence-electron chi connectivity index (χ1n) is 6.01. The lowest BCUT2D eigenvalue weighted by molar-refractivity contribution is 0.408. The van der Waals surface area contributed by atoms with Crippen LogP contribution in [-0.4, -0.2) is 18.6 Å². The van der Waals surface area contributed by atoms with Crippen molar-refractivity contribution in [2.24, 2.45) is 5.73 Å². The summed E-state index contributed by atoms with van der Waals surface area (Å²) in [5.74, 6) is 1.76. The van der Waals surface area contributed by atoms with Crippen molar-refractivity contribution in [3.05, 3.63) is 47.7 Å². The number of ether oxygens (including phenoxy) is 1. The van der Waals surface area contributed by atoms with Gasteiger partial charge in [0.05, 0.1) is 19.2 Å². The van der Waals surface area contributed by atoms with Gasteiger partial charge in [0, 0.05) is 18.0 Å². The van der Waals surface area contributed by atoms with Crippen LogP contribution in [0.15, 0.2) is 34.9 Å². The lowest BCUT2D eigenvalue weighted by Gasteiger charge is -2.05. The molecule has 4 heteroatoms. The van der Waals surface area contributed by atoms with Gasteiger partial charge in [-0.3, -0.25) is 0 Å². The van der Waals surface area contributed by atoms with Crippen molar-refractivity contribution in [3.63, 3.8) is 0 Å². The maximum Gasteiger partial charge on any atom is 0.198 e. The largest absolute Gasteiger partial charge is 0.496 e. The van der Waals surface area contributed by atoms with E-state index in [-0.39, 0.29) is 5.92 Å². The number of benzene rings is 1. The summed E-state index contributed by atoms with van der Waals surface area (Å²) in [6, 6.07) is 7.86. The fourth-order valence-corrected chi connectivity index (χ4v) is 1.77. The molecule has 96 valence electrons. The molecule has 4 nitrogen and oxygen atoms in total. The molecule has 0 saturated carbocycles. The highest BCUT2D eigenvalue weighted by molar-refractivity contribution is 5.35. The molecule has 0 bridgehead atoms. The molecular formula is C14H18N2O2. The van der Waals surface area contributed by atoms with E-state index in [1.54, 1.807) is 13.4 Å². The number of nitrogens with two attached hydrogens (primary N) is 1. The Morgan fingerprint density at radius 3 is 2.89 bits per heavy atom. The molecule has 18 heavy (non-hydrogen) atoms. The van der Waals surface area contributed by atoms with Gasteiger partial charge in [0.15, 0.2) is 5.89 Å². The molecule has 2 N–H and O–H groups in total. The Bertz CT molecular complexity index is 508. The van der Waals surface area contributed by atoms with Crippen LogP contribution in [0.3, 0.4) is 0 Å². The van der Waals surface area contributed by atoms with Crippen molar-refractivity contribution in [3.8, 4) is 5.75 Å². The second-order valence-electron chi connectivity index (χ2n) is 4.29. The molecule has 1 unspecified atom stereocenters. The molecule has 0 radical (unpaired) electrons. The number of nitrogens with zero attached hydrogens (tertiary/aromatic N) is 1. The summed E-state index contributed by atoms with van der Waals surface area (Å²) in [7, 11) is 1.66. The summed E-state index contributed by atoms with van der Waals surface area (Å²) in [4.78, 5) is 4.45. The Hall–Kier alpha value is -1.81. The zero-order valence-corrected chi connectivity index (χ0v) is 10.7. The Kier molecular flexibility index (Phi) is 3.99. The summed E-state index contributed by atoms with van der Waals surface area (Å²) < 4.78 is 10.8. The fraction of sp³-hybridized carbons (Fsp3) is 0.357. The Morgan fingerprint density at radius 2 is 2.17 bits per heavy atom. The summed E-state index contributed by atoms with van der Waals surface area (Å²) in [5, 5.41) is 0. The second kappa shape index (κ2) is 5.69. The van der Waals surface area contributed by atoms with E-state index < -0.39 is 0 Å². The van der Waals surface area contributed by atoms with Crippen molar-refractivity contribution < 1.29 is 9.15 Å².